The molecular weight excluding hydrogens is 268 g/mol. The van der Waals surface area contributed by atoms with Crippen LogP contribution in [0.1, 0.15) is 35.6 Å². The molecule has 1 saturated heterocycles. The first kappa shape index (κ1) is 14.0. The first-order valence-corrected chi connectivity index (χ1v) is 8.96. The van der Waals surface area contributed by atoms with E-state index in [4.69, 9.17) is 0 Å². The van der Waals surface area contributed by atoms with Crippen LogP contribution in [0, 0.1) is 0 Å². The van der Waals surface area contributed by atoms with Gasteiger partial charge in [0.25, 0.3) is 0 Å². The van der Waals surface area contributed by atoms with Crippen LogP contribution >= 0.6 is 11.3 Å². The maximum Gasteiger partial charge on any atom is 0.150 e. The molecule has 1 unspecified atom stereocenters. The van der Waals surface area contributed by atoms with E-state index < -0.39 is 9.84 Å². The van der Waals surface area contributed by atoms with Crippen molar-refractivity contribution in [2.45, 2.75) is 38.1 Å². The fourth-order valence-corrected chi connectivity index (χ4v) is 4.85. The first-order chi connectivity index (χ1) is 8.50. The fraction of sp³-hybridized carbons (Fsp3) is 0.750. The molecule has 6 heteroatoms. The summed E-state index contributed by atoms with van der Waals surface area (Å²) in [6.45, 7) is 2.15. The lowest BCUT2D eigenvalue weighted by atomic mass is 10.0. The zero-order valence-electron chi connectivity index (χ0n) is 10.8. The van der Waals surface area contributed by atoms with Crippen LogP contribution in [-0.4, -0.2) is 38.0 Å². The molecule has 0 spiro atoms. The molecule has 2 heterocycles. The van der Waals surface area contributed by atoms with Gasteiger partial charge in [0, 0.05) is 23.0 Å². The van der Waals surface area contributed by atoms with E-state index in [0.29, 0.717) is 23.5 Å². The molecule has 0 bridgehead atoms. The van der Waals surface area contributed by atoms with Crippen LogP contribution in [0.25, 0.3) is 0 Å². The minimum atomic E-state index is -2.77. The Morgan fingerprint density at radius 3 is 2.78 bits per heavy atom. The Balaban J connectivity index is 1.98. The van der Waals surface area contributed by atoms with Crippen LogP contribution in [0.5, 0.6) is 0 Å². The topological polar surface area (TPSA) is 59.1 Å². The third-order valence-electron chi connectivity index (χ3n) is 3.48. The Bertz CT molecular complexity index is 482. The summed E-state index contributed by atoms with van der Waals surface area (Å²) < 4.78 is 22.8. The van der Waals surface area contributed by atoms with Crippen molar-refractivity contribution in [2.75, 3.05) is 18.6 Å². The van der Waals surface area contributed by atoms with Gasteiger partial charge in [0.2, 0.25) is 0 Å². The van der Waals surface area contributed by atoms with Gasteiger partial charge in [-0.2, -0.15) is 0 Å². The van der Waals surface area contributed by atoms with Crippen LogP contribution in [0.3, 0.4) is 0 Å². The van der Waals surface area contributed by atoms with E-state index in [-0.39, 0.29) is 0 Å². The monoisotopic (exact) mass is 288 g/mol. The molecule has 0 aliphatic carbocycles. The number of hydrogen-bond acceptors (Lipinski definition) is 5. The van der Waals surface area contributed by atoms with Crippen LogP contribution in [0.4, 0.5) is 0 Å². The zero-order valence-corrected chi connectivity index (χ0v) is 12.5. The molecular formula is C12H20N2O2S2. The van der Waals surface area contributed by atoms with Gasteiger partial charge in [-0.15, -0.1) is 11.3 Å². The average molecular weight is 288 g/mol. The van der Waals surface area contributed by atoms with E-state index >= 15 is 0 Å². The van der Waals surface area contributed by atoms with E-state index in [2.05, 4.69) is 17.2 Å². The molecule has 1 fully saturated rings. The highest BCUT2D eigenvalue weighted by Gasteiger charge is 2.26. The smallest absolute Gasteiger partial charge is 0.150 e. The van der Waals surface area contributed by atoms with E-state index in [0.717, 1.165) is 24.3 Å². The average Bonchev–Trinajstić information content (AvgIpc) is 2.77. The molecule has 2 rings (SSSR count). The molecule has 1 aliphatic rings. The van der Waals surface area contributed by atoms with E-state index in [1.807, 2.05) is 13.2 Å². The van der Waals surface area contributed by atoms with Crippen molar-refractivity contribution in [3.05, 3.63) is 16.1 Å². The molecule has 102 valence electrons. The Morgan fingerprint density at radius 1 is 1.50 bits per heavy atom. The molecule has 0 amide bonds. The molecule has 0 aromatic carbocycles. The Labute approximate surface area is 113 Å². The lowest BCUT2D eigenvalue weighted by Gasteiger charge is -2.19. The minimum Gasteiger partial charge on any atom is -0.317 e. The quantitative estimate of drug-likeness (QED) is 0.914. The van der Waals surface area contributed by atoms with Gasteiger partial charge in [-0.3, -0.25) is 0 Å². The predicted molar refractivity (Wildman–Crippen MR) is 75.0 cm³/mol. The Kier molecular flexibility index (Phi) is 4.40. The van der Waals surface area contributed by atoms with Crippen molar-refractivity contribution in [2.24, 2.45) is 0 Å². The van der Waals surface area contributed by atoms with Crippen molar-refractivity contribution in [1.29, 1.82) is 0 Å². The molecule has 18 heavy (non-hydrogen) atoms. The van der Waals surface area contributed by atoms with Crippen LogP contribution < -0.4 is 5.32 Å². The van der Waals surface area contributed by atoms with Crippen molar-refractivity contribution in [1.82, 2.24) is 10.3 Å². The molecule has 1 aliphatic heterocycles. The lowest BCUT2D eigenvalue weighted by Crippen LogP contribution is -2.23. The van der Waals surface area contributed by atoms with Gasteiger partial charge in [-0.1, -0.05) is 0 Å². The highest BCUT2D eigenvalue weighted by Crippen LogP contribution is 2.32. The maximum absolute atomic E-state index is 11.4. The summed E-state index contributed by atoms with van der Waals surface area (Å²) in [7, 11) is -0.816. The van der Waals surface area contributed by atoms with Crippen LogP contribution in [-0.2, 0) is 16.3 Å². The van der Waals surface area contributed by atoms with Crippen molar-refractivity contribution >= 4 is 21.2 Å². The number of hydrogen-bond donors (Lipinski definition) is 1. The molecule has 1 atom stereocenters. The molecule has 4 nitrogen and oxygen atoms in total. The number of rotatable bonds is 4. The second-order valence-corrected chi connectivity index (χ2v) is 8.44. The molecule has 0 radical (unpaired) electrons. The summed E-state index contributed by atoms with van der Waals surface area (Å²) in [5, 5.41) is 4.33. The minimum absolute atomic E-state index is 0.319. The van der Waals surface area contributed by atoms with Gasteiger partial charge in [0.05, 0.1) is 16.5 Å². The number of aromatic nitrogens is 1. The van der Waals surface area contributed by atoms with Crippen molar-refractivity contribution in [3.8, 4) is 0 Å². The number of likely N-dealkylation sites (N-methyl/N-ethyl adjacent to an activating group) is 1. The molecule has 1 aromatic heterocycles. The van der Waals surface area contributed by atoms with Crippen LogP contribution in [0.15, 0.2) is 6.20 Å². The van der Waals surface area contributed by atoms with Crippen LogP contribution in [0.2, 0.25) is 0 Å². The number of sulfone groups is 1. The van der Waals surface area contributed by atoms with E-state index in [1.54, 1.807) is 11.3 Å². The summed E-state index contributed by atoms with van der Waals surface area (Å²) in [5.41, 5.74) is 0. The summed E-state index contributed by atoms with van der Waals surface area (Å²) >= 11 is 1.74. The second kappa shape index (κ2) is 5.67. The number of nitrogens with zero attached hydrogens (tertiary/aromatic N) is 1. The van der Waals surface area contributed by atoms with Gasteiger partial charge in [-0.25, -0.2) is 13.4 Å². The number of nitrogens with one attached hydrogen (secondary N) is 1. The van der Waals surface area contributed by atoms with Gasteiger partial charge < -0.3 is 5.32 Å². The predicted octanol–water partition coefficient (Wildman–Crippen LogP) is 1.59. The Hall–Kier alpha value is -0.460. The Morgan fingerprint density at radius 2 is 2.17 bits per heavy atom. The first-order valence-electron chi connectivity index (χ1n) is 6.32. The van der Waals surface area contributed by atoms with E-state index in [1.165, 1.54) is 4.88 Å². The summed E-state index contributed by atoms with van der Waals surface area (Å²) in [5.74, 6) is 0.982. The molecule has 1 N–H and O–H groups in total. The largest absolute Gasteiger partial charge is 0.317 e. The van der Waals surface area contributed by atoms with Crippen molar-refractivity contribution < 1.29 is 8.42 Å². The van der Waals surface area contributed by atoms with Gasteiger partial charge in [0.1, 0.15) is 9.84 Å². The third-order valence-corrected chi connectivity index (χ3v) is 6.37. The van der Waals surface area contributed by atoms with Crippen molar-refractivity contribution in [3.63, 3.8) is 0 Å². The molecule has 1 aromatic rings. The normalized spacial score (nSPS) is 21.9. The molecule has 0 saturated carbocycles. The summed E-state index contributed by atoms with van der Waals surface area (Å²) in [6, 6.07) is 0.449. The third kappa shape index (κ3) is 3.52. The fourth-order valence-electron chi connectivity index (χ4n) is 2.15. The highest BCUT2D eigenvalue weighted by atomic mass is 32.2. The lowest BCUT2D eigenvalue weighted by molar-refractivity contribution is 0.549. The zero-order chi connectivity index (χ0) is 13.2. The summed E-state index contributed by atoms with van der Waals surface area (Å²) in [4.78, 5) is 5.75. The number of thiazole rings is 1. The van der Waals surface area contributed by atoms with Gasteiger partial charge in [0.15, 0.2) is 0 Å². The highest BCUT2D eigenvalue weighted by molar-refractivity contribution is 7.91. The SMILES string of the molecule is CNC(C)Cc1cnc(C2CCS(=O)(=O)CC2)s1. The van der Waals surface area contributed by atoms with Gasteiger partial charge in [-0.05, 0) is 33.2 Å². The summed E-state index contributed by atoms with van der Waals surface area (Å²) in [6.07, 6.45) is 4.39. The van der Waals surface area contributed by atoms with E-state index in [9.17, 15) is 8.42 Å². The maximum atomic E-state index is 11.4. The second-order valence-electron chi connectivity index (χ2n) is 4.98. The standard InChI is InChI=1S/C12H20N2O2S2/c1-9(13-2)7-11-8-14-12(17-11)10-3-5-18(15,16)6-4-10/h8-10,13H,3-7H2,1-2H3. The van der Waals surface area contributed by atoms with Gasteiger partial charge >= 0.3 is 0 Å².